The van der Waals surface area contributed by atoms with Crippen molar-refractivity contribution < 1.29 is 4.79 Å². The summed E-state index contributed by atoms with van der Waals surface area (Å²) in [7, 11) is 1.82. The predicted molar refractivity (Wildman–Crippen MR) is 42.8 cm³/mol. The van der Waals surface area contributed by atoms with Crippen LogP contribution in [-0.4, -0.2) is 24.9 Å². The van der Waals surface area contributed by atoms with Crippen LogP contribution in [0.1, 0.15) is 32.6 Å². The standard InChI is InChI=1S/C8H17NO/c1-3-4-5-6-7-9(2)8-10/h8H,3-7H2,1-2H3. The van der Waals surface area contributed by atoms with Crippen LogP contribution in [0, 0.1) is 0 Å². The molecule has 2 heteroatoms. The zero-order valence-corrected chi connectivity index (χ0v) is 6.97. The van der Waals surface area contributed by atoms with Crippen molar-refractivity contribution in [2.45, 2.75) is 32.6 Å². The van der Waals surface area contributed by atoms with Gasteiger partial charge in [-0.2, -0.15) is 0 Å². The van der Waals surface area contributed by atoms with Gasteiger partial charge in [0.25, 0.3) is 0 Å². The summed E-state index contributed by atoms with van der Waals surface area (Å²) in [5, 5.41) is 0. The van der Waals surface area contributed by atoms with Crippen molar-refractivity contribution in [3.8, 4) is 0 Å². The van der Waals surface area contributed by atoms with Crippen LogP contribution in [0.25, 0.3) is 0 Å². The lowest BCUT2D eigenvalue weighted by Gasteiger charge is -2.08. The third kappa shape index (κ3) is 5.60. The maximum absolute atomic E-state index is 10.1. The van der Waals surface area contributed by atoms with E-state index in [1.54, 1.807) is 4.90 Å². The largest absolute Gasteiger partial charge is 0.348 e. The molecule has 2 nitrogen and oxygen atoms in total. The molecule has 0 N–H and O–H groups in total. The Morgan fingerprint density at radius 1 is 1.30 bits per heavy atom. The van der Waals surface area contributed by atoms with E-state index in [0.717, 1.165) is 19.4 Å². The lowest BCUT2D eigenvalue weighted by atomic mass is 10.2. The average molecular weight is 143 g/mol. The van der Waals surface area contributed by atoms with Crippen molar-refractivity contribution in [3.05, 3.63) is 0 Å². The van der Waals surface area contributed by atoms with Crippen molar-refractivity contribution in [1.82, 2.24) is 4.90 Å². The molecule has 0 heterocycles. The maximum Gasteiger partial charge on any atom is 0.209 e. The number of hydrogen-bond donors (Lipinski definition) is 0. The number of carbonyl (C=O) groups is 1. The minimum Gasteiger partial charge on any atom is -0.348 e. The summed E-state index contributed by atoms with van der Waals surface area (Å²) >= 11 is 0. The molecule has 0 aromatic rings. The fourth-order valence-electron chi connectivity index (χ4n) is 0.841. The molecule has 10 heavy (non-hydrogen) atoms. The maximum atomic E-state index is 10.1. The average Bonchev–Trinajstić information content (AvgIpc) is 1.98. The number of rotatable bonds is 6. The third-order valence-electron chi connectivity index (χ3n) is 1.54. The molecule has 0 spiro atoms. The first-order valence-electron chi connectivity index (χ1n) is 3.96. The fourth-order valence-corrected chi connectivity index (χ4v) is 0.841. The number of unbranched alkanes of at least 4 members (excludes halogenated alkanes) is 3. The van der Waals surface area contributed by atoms with Gasteiger partial charge in [0.2, 0.25) is 6.41 Å². The Kier molecular flexibility index (Phi) is 6.24. The first-order chi connectivity index (χ1) is 4.81. The zero-order chi connectivity index (χ0) is 7.82. The van der Waals surface area contributed by atoms with Gasteiger partial charge in [-0.1, -0.05) is 26.2 Å². The minimum absolute atomic E-state index is 0.881. The van der Waals surface area contributed by atoms with Crippen molar-refractivity contribution in [2.24, 2.45) is 0 Å². The van der Waals surface area contributed by atoms with Crippen LogP contribution in [0.4, 0.5) is 0 Å². The van der Waals surface area contributed by atoms with Gasteiger partial charge in [-0.3, -0.25) is 4.79 Å². The molecule has 60 valence electrons. The van der Waals surface area contributed by atoms with E-state index in [-0.39, 0.29) is 0 Å². The van der Waals surface area contributed by atoms with E-state index >= 15 is 0 Å². The molecule has 0 aromatic carbocycles. The van der Waals surface area contributed by atoms with Crippen LogP contribution in [0.3, 0.4) is 0 Å². The summed E-state index contributed by atoms with van der Waals surface area (Å²) in [6.45, 7) is 3.09. The van der Waals surface area contributed by atoms with Crippen LogP contribution in [0.2, 0.25) is 0 Å². The van der Waals surface area contributed by atoms with E-state index in [9.17, 15) is 4.79 Å². The van der Waals surface area contributed by atoms with Gasteiger partial charge < -0.3 is 4.90 Å². The third-order valence-corrected chi connectivity index (χ3v) is 1.54. The Hall–Kier alpha value is -0.530. The van der Waals surface area contributed by atoms with Crippen molar-refractivity contribution in [3.63, 3.8) is 0 Å². The molecule has 0 fully saturated rings. The quantitative estimate of drug-likeness (QED) is 0.409. The van der Waals surface area contributed by atoms with Crippen LogP contribution in [0.5, 0.6) is 0 Å². The molecule has 0 bridgehead atoms. The molecule has 0 saturated carbocycles. The first-order valence-corrected chi connectivity index (χ1v) is 3.96. The van der Waals surface area contributed by atoms with Crippen molar-refractivity contribution >= 4 is 6.41 Å². The lowest BCUT2D eigenvalue weighted by molar-refractivity contribution is -0.117. The van der Waals surface area contributed by atoms with Gasteiger partial charge in [-0.25, -0.2) is 0 Å². The summed E-state index contributed by atoms with van der Waals surface area (Å²) < 4.78 is 0. The summed E-state index contributed by atoms with van der Waals surface area (Å²) in [5.74, 6) is 0. The summed E-state index contributed by atoms with van der Waals surface area (Å²) in [4.78, 5) is 11.8. The summed E-state index contributed by atoms with van der Waals surface area (Å²) in [5.41, 5.74) is 0. The van der Waals surface area contributed by atoms with Crippen LogP contribution in [-0.2, 0) is 4.79 Å². The van der Waals surface area contributed by atoms with Crippen LogP contribution >= 0.6 is 0 Å². The molecule has 1 amide bonds. The van der Waals surface area contributed by atoms with Crippen LogP contribution < -0.4 is 0 Å². The molecule has 0 radical (unpaired) electrons. The van der Waals surface area contributed by atoms with Crippen molar-refractivity contribution in [1.29, 1.82) is 0 Å². The van der Waals surface area contributed by atoms with E-state index in [4.69, 9.17) is 0 Å². The van der Waals surface area contributed by atoms with E-state index in [2.05, 4.69) is 6.92 Å². The predicted octanol–water partition coefficient (Wildman–Crippen LogP) is 1.65. The molecule has 0 saturated heterocycles. The Morgan fingerprint density at radius 2 is 2.00 bits per heavy atom. The second-order valence-corrected chi connectivity index (χ2v) is 2.65. The summed E-state index contributed by atoms with van der Waals surface area (Å²) in [6, 6.07) is 0. The highest BCUT2D eigenvalue weighted by Gasteiger charge is 1.91. The monoisotopic (exact) mass is 143 g/mol. The lowest BCUT2D eigenvalue weighted by Crippen LogP contribution is -2.16. The molecule has 0 aromatic heterocycles. The van der Waals surface area contributed by atoms with Gasteiger partial charge in [-0.05, 0) is 6.42 Å². The molecule has 0 unspecified atom stereocenters. The number of carbonyl (C=O) groups excluding carboxylic acids is 1. The van der Waals surface area contributed by atoms with Gasteiger partial charge in [0.1, 0.15) is 0 Å². The fraction of sp³-hybridized carbons (Fsp3) is 0.875. The Morgan fingerprint density at radius 3 is 2.50 bits per heavy atom. The molecule has 0 atom stereocenters. The van der Waals surface area contributed by atoms with Gasteiger partial charge in [0.15, 0.2) is 0 Å². The summed E-state index contributed by atoms with van der Waals surface area (Å²) in [6.07, 6.45) is 5.81. The highest BCUT2D eigenvalue weighted by Crippen LogP contribution is 1.98. The highest BCUT2D eigenvalue weighted by atomic mass is 16.1. The van der Waals surface area contributed by atoms with E-state index in [0.29, 0.717) is 0 Å². The van der Waals surface area contributed by atoms with Gasteiger partial charge >= 0.3 is 0 Å². The zero-order valence-electron chi connectivity index (χ0n) is 6.97. The molecule has 0 aliphatic carbocycles. The van der Waals surface area contributed by atoms with Gasteiger partial charge in [0, 0.05) is 13.6 Å². The highest BCUT2D eigenvalue weighted by molar-refractivity contribution is 5.46. The van der Waals surface area contributed by atoms with E-state index in [1.807, 2.05) is 7.05 Å². The van der Waals surface area contributed by atoms with Gasteiger partial charge in [0.05, 0.1) is 0 Å². The van der Waals surface area contributed by atoms with Crippen LogP contribution in [0.15, 0.2) is 0 Å². The normalized spacial score (nSPS) is 9.40. The van der Waals surface area contributed by atoms with E-state index in [1.165, 1.54) is 19.3 Å². The number of amides is 1. The molecule has 0 aliphatic rings. The smallest absolute Gasteiger partial charge is 0.209 e. The Bertz CT molecular complexity index is 83.3. The van der Waals surface area contributed by atoms with Crippen molar-refractivity contribution in [2.75, 3.05) is 13.6 Å². The Balaban J connectivity index is 2.95. The Labute approximate surface area is 63.2 Å². The topological polar surface area (TPSA) is 20.3 Å². The van der Waals surface area contributed by atoms with E-state index < -0.39 is 0 Å². The molecule has 0 aliphatic heterocycles. The minimum atomic E-state index is 0.881. The van der Waals surface area contributed by atoms with Gasteiger partial charge in [-0.15, -0.1) is 0 Å². The molecular formula is C8H17NO. The number of nitrogens with zero attached hydrogens (tertiary/aromatic N) is 1. The second-order valence-electron chi connectivity index (χ2n) is 2.65. The SMILES string of the molecule is CCCCCCN(C)C=O. The molecule has 0 rings (SSSR count). The second kappa shape index (κ2) is 6.59. The number of hydrogen-bond acceptors (Lipinski definition) is 1. The molecular weight excluding hydrogens is 126 g/mol. The first kappa shape index (κ1) is 9.47.